The summed E-state index contributed by atoms with van der Waals surface area (Å²) in [7, 11) is -3.91. The van der Waals surface area contributed by atoms with Crippen LogP contribution in [-0.2, 0) is 14.8 Å². The quantitative estimate of drug-likeness (QED) is 0.372. The second-order valence-electron chi connectivity index (χ2n) is 8.92. The number of carbonyl (C=O) groups excluding carboxylic acids is 1. The molecule has 1 amide bonds. The first-order valence-electron chi connectivity index (χ1n) is 12.0. The molecule has 2 atom stereocenters. The van der Waals surface area contributed by atoms with Crippen molar-refractivity contribution in [3.8, 4) is 11.8 Å². The molecule has 2 N–H and O–H groups in total. The van der Waals surface area contributed by atoms with Gasteiger partial charge in [0.15, 0.2) is 0 Å². The van der Waals surface area contributed by atoms with Crippen molar-refractivity contribution < 1.29 is 17.9 Å². The second-order valence-corrected chi connectivity index (χ2v) is 10.6. The lowest BCUT2D eigenvalue weighted by atomic mass is 9.98. The largest absolute Gasteiger partial charge is 0.493 e. The molecule has 0 radical (unpaired) electrons. The topological polar surface area (TPSA) is 108 Å². The third-order valence-electron chi connectivity index (χ3n) is 6.44. The molecule has 0 fully saturated rings. The van der Waals surface area contributed by atoms with Crippen LogP contribution < -0.4 is 14.8 Å². The minimum absolute atomic E-state index is 0.0835. The van der Waals surface area contributed by atoms with E-state index in [1.54, 1.807) is 48.5 Å². The normalized spacial score (nSPS) is 15.7. The van der Waals surface area contributed by atoms with Crippen molar-refractivity contribution in [1.82, 2.24) is 10.0 Å². The summed E-state index contributed by atoms with van der Waals surface area (Å²) >= 11 is 0. The fraction of sp³-hybridized carbons (Fsp3) is 0.172. The summed E-state index contributed by atoms with van der Waals surface area (Å²) in [6.07, 6.45) is 0.489. The Morgan fingerprint density at radius 1 is 0.973 bits per heavy atom. The van der Waals surface area contributed by atoms with E-state index in [0.29, 0.717) is 29.9 Å². The van der Waals surface area contributed by atoms with Crippen molar-refractivity contribution in [3.05, 3.63) is 108 Å². The van der Waals surface area contributed by atoms with Crippen LogP contribution in [0.15, 0.2) is 95.9 Å². The van der Waals surface area contributed by atoms with Crippen LogP contribution in [0.2, 0.25) is 0 Å². The van der Waals surface area contributed by atoms with Gasteiger partial charge in [0, 0.05) is 18.4 Å². The zero-order valence-corrected chi connectivity index (χ0v) is 20.7. The molecule has 0 spiro atoms. The Kier molecular flexibility index (Phi) is 6.91. The minimum Gasteiger partial charge on any atom is -0.493 e. The molecule has 1 aliphatic rings. The maximum atomic E-state index is 13.4. The maximum absolute atomic E-state index is 13.4. The minimum atomic E-state index is -3.91. The average Bonchev–Trinajstić information content (AvgIpc) is 2.92. The van der Waals surface area contributed by atoms with Crippen molar-refractivity contribution in [1.29, 1.82) is 5.26 Å². The summed E-state index contributed by atoms with van der Waals surface area (Å²) in [6, 6.07) is 27.8. The first-order valence-corrected chi connectivity index (χ1v) is 13.4. The zero-order chi connectivity index (χ0) is 25.8. The van der Waals surface area contributed by atoms with E-state index in [9.17, 15) is 13.2 Å². The number of ether oxygens (including phenoxy) is 1. The van der Waals surface area contributed by atoms with Crippen LogP contribution in [0.1, 0.15) is 41.6 Å². The van der Waals surface area contributed by atoms with Crippen LogP contribution >= 0.6 is 0 Å². The van der Waals surface area contributed by atoms with E-state index >= 15 is 0 Å². The van der Waals surface area contributed by atoms with Crippen LogP contribution in [0.5, 0.6) is 5.75 Å². The van der Waals surface area contributed by atoms with Gasteiger partial charge in [-0.15, -0.1) is 0 Å². The third-order valence-corrected chi connectivity index (χ3v) is 7.91. The van der Waals surface area contributed by atoms with Gasteiger partial charge < -0.3 is 10.1 Å². The number of nitrogens with zero attached hydrogens (tertiary/aromatic N) is 1. The molecule has 1 heterocycles. The molecule has 2 unspecified atom stereocenters. The molecule has 186 valence electrons. The number of rotatable bonds is 7. The third kappa shape index (κ3) is 5.48. The highest BCUT2D eigenvalue weighted by atomic mass is 32.2. The lowest BCUT2D eigenvalue weighted by molar-refractivity contribution is -0.122. The number of sulfonamides is 1. The Hall–Kier alpha value is -4.19. The van der Waals surface area contributed by atoms with E-state index < -0.39 is 16.1 Å². The van der Waals surface area contributed by atoms with Crippen LogP contribution in [0.4, 0.5) is 0 Å². The van der Waals surface area contributed by atoms with Gasteiger partial charge in [0.25, 0.3) is 0 Å². The van der Waals surface area contributed by atoms with Gasteiger partial charge in [0.2, 0.25) is 15.9 Å². The molecule has 7 nitrogen and oxygen atoms in total. The summed E-state index contributed by atoms with van der Waals surface area (Å²) in [5, 5.41) is 13.9. The Balaban J connectivity index is 1.37. The maximum Gasteiger partial charge on any atom is 0.241 e. The molecule has 0 bridgehead atoms. The predicted molar refractivity (Wildman–Crippen MR) is 140 cm³/mol. The van der Waals surface area contributed by atoms with Crippen LogP contribution in [0, 0.1) is 11.3 Å². The number of amides is 1. The molecule has 0 saturated carbocycles. The van der Waals surface area contributed by atoms with E-state index in [1.807, 2.05) is 42.5 Å². The highest BCUT2D eigenvalue weighted by Gasteiger charge is 2.27. The Labute approximate surface area is 215 Å². The van der Waals surface area contributed by atoms with Crippen molar-refractivity contribution in [2.45, 2.75) is 29.8 Å². The lowest BCUT2D eigenvalue weighted by Gasteiger charge is -2.27. The average molecular weight is 512 g/mol. The Bertz CT molecular complexity index is 1600. The van der Waals surface area contributed by atoms with Gasteiger partial charge >= 0.3 is 0 Å². The van der Waals surface area contributed by atoms with Gasteiger partial charge in [-0.05, 0) is 40.6 Å². The molecule has 0 aromatic heterocycles. The van der Waals surface area contributed by atoms with Crippen LogP contribution in [-0.4, -0.2) is 20.9 Å². The molecule has 4 aromatic rings. The summed E-state index contributed by atoms with van der Waals surface area (Å²) in [5.74, 6) is 0.282. The first-order chi connectivity index (χ1) is 17.9. The summed E-state index contributed by atoms with van der Waals surface area (Å²) in [6.45, 7) is 0.406. The molecule has 8 heteroatoms. The SMILES string of the molecule is N#Cc1ccc2c(c1)OCCC2NC(=O)CC(NS(=O)(=O)c1ccc2ccccc2c1)c1ccccc1. The highest BCUT2D eigenvalue weighted by molar-refractivity contribution is 7.89. The van der Waals surface area contributed by atoms with Gasteiger partial charge in [0.05, 0.1) is 35.2 Å². The van der Waals surface area contributed by atoms with E-state index in [2.05, 4.69) is 16.1 Å². The van der Waals surface area contributed by atoms with Gasteiger partial charge in [-0.2, -0.15) is 5.26 Å². The van der Waals surface area contributed by atoms with E-state index in [0.717, 1.165) is 16.3 Å². The van der Waals surface area contributed by atoms with Gasteiger partial charge in [-0.1, -0.05) is 66.7 Å². The van der Waals surface area contributed by atoms with Crippen LogP contribution in [0.25, 0.3) is 10.8 Å². The fourth-order valence-electron chi connectivity index (χ4n) is 4.55. The number of benzene rings is 4. The monoisotopic (exact) mass is 511 g/mol. The van der Waals surface area contributed by atoms with Gasteiger partial charge in [-0.3, -0.25) is 4.79 Å². The number of fused-ring (bicyclic) bond motifs is 2. The summed E-state index contributed by atoms with van der Waals surface area (Å²) in [5.41, 5.74) is 1.97. The number of hydrogen-bond donors (Lipinski definition) is 2. The smallest absolute Gasteiger partial charge is 0.241 e. The number of nitrogens with one attached hydrogen (secondary N) is 2. The molecule has 37 heavy (non-hydrogen) atoms. The van der Waals surface area contributed by atoms with Crippen molar-refractivity contribution >= 4 is 26.7 Å². The molecular weight excluding hydrogens is 486 g/mol. The predicted octanol–water partition coefficient (Wildman–Crippen LogP) is 4.76. The second kappa shape index (κ2) is 10.4. The first kappa shape index (κ1) is 24.5. The Morgan fingerprint density at radius 2 is 1.73 bits per heavy atom. The van der Waals surface area contributed by atoms with Crippen LogP contribution in [0.3, 0.4) is 0 Å². The molecular formula is C29H25N3O4S. The fourth-order valence-corrected chi connectivity index (χ4v) is 5.81. The molecule has 0 aliphatic carbocycles. The van der Waals surface area contributed by atoms with Gasteiger partial charge in [0.1, 0.15) is 5.75 Å². The molecule has 4 aromatic carbocycles. The zero-order valence-electron chi connectivity index (χ0n) is 19.9. The molecule has 1 aliphatic heterocycles. The molecule has 5 rings (SSSR count). The standard InChI is InChI=1S/C29H25N3O4S/c30-19-20-10-13-25-26(14-15-36-28(25)16-20)31-29(33)18-27(22-7-2-1-3-8-22)32-37(34,35)24-12-11-21-6-4-5-9-23(21)17-24/h1-13,16-17,26-27,32H,14-15,18H2,(H,31,33). The molecule has 0 saturated heterocycles. The highest BCUT2D eigenvalue weighted by Crippen LogP contribution is 2.33. The lowest BCUT2D eigenvalue weighted by Crippen LogP contribution is -2.36. The number of carbonyl (C=O) groups is 1. The van der Waals surface area contributed by atoms with E-state index in [1.165, 1.54) is 0 Å². The summed E-state index contributed by atoms with van der Waals surface area (Å²) < 4.78 is 35.2. The number of nitriles is 1. The van der Waals surface area contributed by atoms with Crippen molar-refractivity contribution in [2.75, 3.05) is 6.61 Å². The van der Waals surface area contributed by atoms with E-state index in [4.69, 9.17) is 10.00 Å². The summed E-state index contributed by atoms with van der Waals surface area (Å²) in [4.78, 5) is 13.3. The van der Waals surface area contributed by atoms with Crippen molar-refractivity contribution in [3.63, 3.8) is 0 Å². The Morgan fingerprint density at radius 3 is 2.51 bits per heavy atom. The number of hydrogen-bond acceptors (Lipinski definition) is 5. The van der Waals surface area contributed by atoms with Crippen molar-refractivity contribution in [2.24, 2.45) is 0 Å². The van der Waals surface area contributed by atoms with Gasteiger partial charge in [-0.25, -0.2) is 13.1 Å². The van der Waals surface area contributed by atoms with E-state index in [-0.39, 0.29) is 23.3 Å².